The Morgan fingerprint density at radius 2 is 2.00 bits per heavy atom. The smallest absolute Gasteiger partial charge is 0.0922 e. The number of nitrogens with one attached hydrogen (secondary N) is 1. The van der Waals surface area contributed by atoms with Gasteiger partial charge in [-0.1, -0.05) is 44.2 Å². The zero-order valence-corrected chi connectivity index (χ0v) is 7.99. The van der Waals surface area contributed by atoms with Crippen LogP contribution in [0, 0.1) is 11.4 Å². The molecule has 0 saturated heterocycles. The molecule has 0 fully saturated rings. The Labute approximate surface area is 78.8 Å². The molecule has 0 amide bonds. The van der Waals surface area contributed by atoms with E-state index in [1.165, 1.54) is 0 Å². The van der Waals surface area contributed by atoms with Gasteiger partial charge < -0.3 is 0 Å². The molecule has 0 radical (unpaired) electrons. The molecular weight excluding hydrogens is 160 g/mol. The molecule has 68 valence electrons. The maximum atomic E-state index is 6.96. The second-order valence-electron chi connectivity index (χ2n) is 3.27. The molecule has 0 bridgehead atoms. The third-order valence-electron chi connectivity index (χ3n) is 1.72. The number of allylic oxidation sites excluding steroid dienone is 1. The van der Waals surface area contributed by atoms with Crippen LogP contribution in [0.2, 0.25) is 0 Å². The van der Waals surface area contributed by atoms with Gasteiger partial charge in [-0.15, -0.1) is 0 Å². The first-order valence-corrected chi connectivity index (χ1v) is 4.38. The average molecular weight is 174 g/mol. The van der Waals surface area contributed by atoms with Crippen LogP contribution in [0.1, 0.15) is 19.4 Å². The molecular formula is C11H14N2. The van der Waals surface area contributed by atoms with Crippen LogP contribution >= 0.6 is 0 Å². The molecule has 0 aliphatic carbocycles. The van der Waals surface area contributed by atoms with Crippen LogP contribution in [-0.2, 0) is 0 Å². The number of hydrogen-bond acceptors (Lipinski definition) is 2. The molecule has 0 atom stereocenters. The molecule has 13 heavy (non-hydrogen) atoms. The first-order chi connectivity index (χ1) is 6.24. The van der Waals surface area contributed by atoms with E-state index in [1.54, 1.807) is 0 Å². The minimum atomic E-state index is 0.527. The fraction of sp³-hybridized carbons (Fsp3) is 0.273. The summed E-state index contributed by atoms with van der Waals surface area (Å²) in [6.07, 6.45) is 4.11. The molecule has 0 aromatic heterocycles. The van der Waals surface area contributed by atoms with Crippen LogP contribution in [0.3, 0.4) is 0 Å². The molecule has 2 heteroatoms. The van der Waals surface area contributed by atoms with Gasteiger partial charge in [-0.2, -0.15) is 5.11 Å². The second-order valence-corrected chi connectivity index (χ2v) is 3.27. The van der Waals surface area contributed by atoms with Crippen molar-refractivity contribution in [3.8, 4) is 0 Å². The Morgan fingerprint density at radius 1 is 1.31 bits per heavy atom. The first kappa shape index (κ1) is 9.65. The topological polar surface area (TPSA) is 36.2 Å². The van der Waals surface area contributed by atoms with Crippen molar-refractivity contribution in [3.05, 3.63) is 35.9 Å². The van der Waals surface area contributed by atoms with Crippen LogP contribution < -0.4 is 0 Å². The van der Waals surface area contributed by atoms with Gasteiger partial charge in [0, 0.05) is 5.56 Å². The Balaban J connectivity index is 2.93. The predicted octanol–water partition coefficient (Wildman–Crippen LogP) is 4.02. The van der Waals surface area contributed by atoms with Gasteiger partial charge >= 0.3 is 0 Å². The standard InChI is InChI=1S/C11H14N2/c1-9(2)7-8-10-5-3-4-6-11(10)13-12/h3-9,12H,1-2H3/b8-7-,13-12?. The van der Waals surface area contributed by atoms with Crippen molar-refractivity contribution >= 4 is 11.8 Å². The highest BCUT2D eigenvalue weighted by Gasteiger charge is 1.95. The van der Waals surface area contributed by atoms with Crippen molar-refractivity contribution < 1.29 is 0 Å². The Hall–Kier alpha value is -1.44. The molecule has 2 nitrogen and oxygen atoms in total. The summed E-state index contributed by atoms with van der Waals surface area (Å²) in [6.45, 7) is 4.24. The lowest BCUT2D eigenvalue weighted by atomic mass is 10.1. The van der Waals surface area contributed by atoms with Crippen molar-refractivity contribution in [2.45, 2.75) is 13.8 Å². The normalized spacial score (nSPS) is 11.0. The predicted molar refractivity (Wildman–Crippen MR) is 55.1 cm³/mol. The van der Waals surface area contributed by atoms with E-state index in [0.29, 0.717) is 5.92 Å². The molecule has 0 aliphatic heterocycles. The first-order valence-electron chi connectivity index (χ1n) is 4.38. The van der Waals surface area contributed by atoms with Crippen LogP contribution in [0.5, 0.6) is 0 Å². The number of hydrogen-bond donors (Lipinski definition) is 1. The van der Waals surface area contributed by atoms with E-state index in [4.69, 9.17) is 5.53 Å². The van der Waals surface area contributed by atoms with Crippen LogP contribution in [0.15, 0.2) is 35.5 Å². The lowest BCUT2D eigenvalue weighted by molar-refractivity contribution is 0.836. The number of para-hydroxylation sites is 1. The minimum Gasteiger partial charge on any atom is -0.204 e. The van der Waals surface area contributed by atoms with Gasteiger partial charge in [-0.3, -0.25) is 0 Å². The van der Waals surface area contributed by atoms with E-state index >= 15 is 0 Å². The van der Waals surface area contributed by atoms with Gasteiger partial charge in [-0.25, -0.2) is 5.53 Å². The van der Waals surface area contributed by atoms with E-state index in [1.807, 2.05) is 30.3 Å². The van der Waals surface area contributed by atoms with Crippen molar-refractivity contribution in [2.75, 3.05) is 0 Å². The largest absolute Gasteiger partial charge is 0.204 e. The summed E-state index contributed by atoms with van der Waals surface area (Å²) in [5.41, 5.74) is 8.69. The number of nitrogens with zero attached hydrogens (tertiary/aromatic N) is 1. The van der Waals surface area contributed by atoms with Gasteiger partial charge in [0.25, 0.3) is 0 Å². The quantitative estimate of drug-likeness (QED) is 0.672. The van der Waals surface area contributed by atoms with Crippen molar-refractivity contribution in [1.29, 1.82) is 5.53 Å². The highest BCUT2D eigenvalue weighted by atomic mass is 15.0. The summed E-state index contributed by atoms with van der Waals surface area (Å²) in [5, 5.41) is 3.45. The fourth-order valence-electron chi connectivity index (χ4n) is 1.03. The highest BCUT2D eigenvalue weighted by molar-refractivity contribution is 5.63. The van der Waals surface area contributed by atoms with Gasteiger partial charge in [0.2, 0.25) is 0 Å². The molecule has 0 saturated carbocycles. The number of rotatable bonds is 3. The third-order valence-corrected chi connectivity index (χ3v) is 1.72. The maximum absolute atomic E-state index is 6.96. The van der Waals surface area contributed by atoms with Gasteiger partial charge in [0.15, 0.2) is 0 Å². The molecule has 1 aromatic carbocycles. The summed E-state index contributed by atoms with van der Waals surface area (Å²) < 4.78 is 0. The molecule has 0 heterocycles. The molecule has 1 N–H and O–H groups in total. The molecule has 0 aliphatic rings. The molecule has 0 spiro atoms. The van der Waals surface area contributed by atoms with Crippen molar-refractivity contribution in [3.63, 3.8) is 0 Å². The summed E-state index contributed by atoms with van der Waals surface area (Å²) in [4.78, 5) is 0. The molecule has 1 aromatic rings. The Kier molecular flexibility index (Phi) is 3.38. The molecule has 0 unspecified atom stereocenters. The summed E-state index contributed by atoms with van der Waals surface area (Å²) in [5.74, 6) is 0.527. The zero-order chi connectivity index (χ0) is 9.68. The zero-order valence-electron chi connectivity index (χ0n) is 7.99. The Bertz CT molecular complexity index is 314. The van der Waals surface area contributed by atoms with E-state index in [2.05, 4.69) is 25.0 Å². The average Bonchev–Trinajstić information content (AvgIpc) is 2.15. The van der Waals surface area contributed by atoms with Crippen LogP contribution in [0.4, 0.5) is 5.69 Å². The second kappa shape index (κ2) is 4.55. The van der Waals surface area contributed by atoms with Gasteiger partial charge in [-0.05, 0) is 12.0 Å². The van der Waals surface area contributed by atoms with Crippen molar-refractivity contribution in [1.82, 2.24) is 0 Å². The van der Waals surface area contributed by atoms with Crippen LogP contribution in [0.25, 0.3) is 6.08 Å². The maximum Gasteiger partial charge on any atom is 0.0922 e. The summed E-state index contributed by atoms with van der Waals surface area (Å²) >= 11 is 0. The SMILES string of the molecule is CC(C)/C=C\c1ccccc1N=N. The van der Waals surface area contributed by atoms with E-state index in [9.17, 15) is 0 Å². The molecule has 1 rings (SSSR count). The summed E-state index contributed by atoms with van der Waals surface area (Å²) in [6, 6.07) is 7.65. The fourth-order valence-corrected chi connectivity index (χ4v) is 1.03. The lowest BCUT2D eigenvalue weighted by Crippen LogP contribution is -1.78. The van der Waals surface area contributed by atoms with E-state index < -0.39 is 0 Å². The minimum absolute atomic E-state index is 0.527. The Morgan fingerprint density at radius 3 is 2.62 bits per heavy atom. The van der Waals surface area contributed by atoms with Gasteiger partial charge in [0.05, 0.1) is 5.69 Å². The number of benzene rings is 1. The summed E-state index contributed by atoms with van der Waals surface area (Å²) in [7, 11) is 0. The third kappa shape index (κ3) is 2.82. The van der Waals surface area contributed by atoms with E-state index in [0.717, 1.165) is 11.3 Å². The lowest BCUT2D eigenvalue weighted by Gasteiger charge is -1.98. The highest BCUT2D eigenvalue weighted by Crippen LogP contribution is 2.19. The van der Waals surface area contributed by atoms with Crippen molar-refractivity contribution in [2.24, 2.45) is 11.0 Å². The van der Waals surface area contributed by atoms with E-state index in [-0.39, 0.29) is 0 Å². The monoisotopic (exact) mass is 174 g/mol. The van der Waals surface area contributed by atoms with Gasteiger partial charge in [0.1, 0.15) is 0 Å². The van der Waals surface area contributed by atoms with Crippen LogP contribution in [-0.4, -0.2) is 0 Å².